The van der Waals surface area contributed by atoms with Crippen molar-refractivity contribution in [3.8, 4) is 11.6 Å². The normalized spacial score (nSPS) is 10.3. The number of halogens is 1. The fourth-order valence-electron chi connectivity index (χ4n) is 1.29. The number of carbonyl (C=O) groups excluding carboxylic acids is 1. The highest BCUT2D eigenvalue weighted by Gasteiger charge is 2.18. The third-order valence-corrected chi connectivity index (χ3v) is 2.59. The summed E-state index contributed by atoms with van der Waals surface area (Å²) in [5, 5.41) is 0. The summed E-state index contributed by atoms with van der Waals surface area (Å²) in [7, 11) is 1.30. The molecule has 0 saturated heterocycles. The number of esters is 1. The molecule has 17 heavy (non-hydrogen) atoms. The van der Waals surface area contributed by atoms with E-state index in [9.17, 15) is 4.79 Å². The lowest BCUT2D eigenvalue weighted by Gasteiger charge is -1.93. The van der Waals surface area contributed by atoms with Crippen LogP contribution in [0.15, 0.2) is 27.2 Å². The maximum Gasteiger partial charge on any atom is 0.360 e. The monoisotopic (exact) mass is 296 g/mol. The number of rotatable bonds is 2. The third-order valence-electron chi connectivity index (χ3n) is 2.12. The number of hydrogen-bond donors (Lipinski definition) is 0. The molecule has 0 atom stereocenters. The van der Waals surface area contributed by atoms with Crippen LogP contribution in [0.2, 0.25) is 0 Å². The summed E-state index contributed by atoms with van der Waals surface area (Å²) in [6.07, 6.45) is 1.63. The number of oxazole rings is 1. The standard InChI is InChI=1S/C11H9BrN2O3/c1-6-9(11(15)16-2)14-10(17-6)8-4-3-7(12)5-13-8/h3-5H,1-2H3. The minimum atomic E-state index is -0.519. The molecule has 0 saturated carbocycles. The number of methoxy groups -OCH3 is 1. The first-order valence-electron chi connectivity index (χ1n) is 4.79. The van der Waals surface area contributed by atoms with E-state index in [0.29, 0.717) is 17.3 Å². The summed E-state index contributed by atoms with van der Waals surface area (Å²) in [6.45, 7) is 1.65. The molecule has 0 fully saturated rings. The molecule has 0 aliphatic carbocycles. The van der Waals surface area contributed by atoms with Crippen LogP contribution in [0.25, 0.3) is 11.6 Å². The fraction of sp³-hybridized carbons (Fsp3) is 0.182. The number of hydrogen-bond acceptors (Lipinski definition) is 5. The Morgan fingerprint density at radius 2 is 2.24 bits per heavy atom. The Bertz CT molecular complexity index is 548. The lowest BCUT2D eigenvalue weighted by Crippen LogP contribution is -2.03. The van der Waals surface area contributed by atoms with Gasteiger partial charge in [-0.25, -0.2) is 9.78 Å². The van der Waals surface area contributed by atoms with Crippen molar-refractivity contribution in [3.63, 3.8) is 0 Å². The van der Waals surface area contributed by atoms with Gasteiger partial charge in [-0.2, -0.15) is 0 Å². The second-order valence-electron chi connectivity index (χ2n) is 3.28. The summed E-state index contributed by atoms with van der Waals surface area (Å²) in [5.41, 5.74) is 0.735. The van der Waals surface area contributed by atoms with Gasteiger partial charge in [-0.1, -0.05) is 0 Å². The smallest absolute Gasteiger partial charge is 0.360 e. The first kappa shape index (κ1) is 11.8. The average Bonchev–Trinajstić information content (AvgIpc) is 2.71. The Labute approximate surface area is 106 Å². The maximum absolute atomic E-state index is 11.4. The van der Waals surface area contributed by atoms with Gasteiger partial charge in [0.25, 0.3) is 0 Å². The summed E-state index contributed by atoms with van der Waals surface area (Å²) in [4.78, 5) is 19.6. The van der Waals surface area contributed by atoms with Crippen LogP contribution in [0.5, 0.6) is 0 Å². The molecule has 0 unspecified atom stereocenters. The molecule has 6 heteroatoms. The number of carbonyl (C=O) groups is 1. The Morgan fingerprint density at radius 3 is 2.82 bits per heavy atom. The molecule has 0 spiro atoms. The molecule has 0 amide bonds. The van der Waals surface area contributed by atoms with Crippen LogP contribution in [-0.4, -0.2) is 23.0 Å². The van der Waals surface area contributed by atoms with Crippen molar-refractivity contribution in [1.82, 2.24) is 9.97 Å². The Balaban J connectivity index is 2.41. The fourth-order valence-corrected chi connectivity index (χ4v) is 1.53. The van der Waals surface area contributed by atoms with Gasteiger partial charge in [0.05, 0.1) is 7.11 Å². The van der Waals surface area contributed by atoms with Crippen LogP contribution in [-0.2, 0) is 4.74 Å². The van der Waals surface area contributed by atoms with Gasteiger partial charge in [0.2, 0.25) is 5.89 Å². The first-order chi connectivity index (χ1) is 8.11. The summed E-state index contributed by atoms with van der Waals surface area (Å²) in [5.74, 6) is 0.196. The van der Waals surface area contributed by atoms with E-state index in [2.05, 4.69) is 30.6 Å². The van der Waals surface area contributed by atoms with Crippen molar-refractivity contribution in [3.05, 3.63) is 34.3 Å². The molecule has 0 N–H and O–H groups in total. The molecular formula is C11H9BrN2O3. The predicted octanol–water partition coefficient (Wildman–Crippen LogP) is 2.59. The second kappa shape index (κ2) is 4.67. The van der Waals surface area contributed by atoms with E-state index >= 15 is 0 Å². The Kier molecular flexibility index (Phi) is 3.23. The summed E-state index contributed by atoms with van der Waals surface area (Å²) >= 11 is 3.28. The van der Waals surface area contributed by atoms with Gasteiger partial charge >= 0.3 is 5.97 Å². The van der Waals surface area contributed by atoms with Crippen molar-refractivity contribution in [1.29, 1.82) is 0 Å². The highest BCUT2D eigenvalue weighted by Crippen LogP contribution is 2.21. The first-order valence-corrected chi connectivity index (χ1v) is 5.59. The van der Waals surface area contributed by atoms with Crippen LogP contribution < -0.4 is 0 Å². The molecule has 2 aromatic rings. The molecule has 2 rings (SSSR count). The SMILES string of the molecule is COC(=O)c1nc(-c2ccc(Br)cn2)oc1C. The van der Waals surface area contributed by atoms with Gasteiger partial charge in [-0.05, 0) is 35.0 Å². The number of nitrogens with zero attached hydrogens (tertiary/aromatic N) is 2. The molecule has 0 aliphatic heterocycles. The number of ether oxygens (including phenoxy) is 1. The lowest BCUT2D eigenvalue weighted by atomic mass is 10.3. The van der Waals surface area contributed by atoms with Gasteiger partial charge in [0, 0.05) is 10.7 Å². The zero-order chi connectivity index (χ0) is 12.4. The summed E-state index contributed by atoms with van der Waals surface area (Å²) in [6, 6.07) is 3.57. The van der Waals surface area contributed by atoms with E-state index in [4.69, 9.17) is 4.42 Å². The lowest BCUT2D eigenvalue weighted by molar-refractivity contribution is 0.0593. The van der Waals surface area contributed by atoms with E-state index in [1.54, 1.807) is 19.2 Å². The van der Waals surface area contributed by atoms with Gasteiger partial charge in [-0.3, -0.25) is 4.98 Å². The molecule has 2 heterocycles. The highest BCUT2D eigenvalue weighted by molar-refractivity contribution is 9.10. The number of pyridine rings is 1. The zero-order valence-corrected chi connectivity index (χ0v) is 10.8. The predicted molar refractivity (Wildman–Crippen MR) is 63.5 cm³/mol. The van der Waals surface area contributed by atoms with Crippen LogP contribution in [0.4, 0.5) is 0 Å². The molecule has 0 bridgehead atoms. The van der Waals surface area contributed by atoms with E-state index < -0.39 is 5.97 Å². The van der Waals surface area contributed by atoms with Crippen molar-refractivity contribution in [2.75, 3.05) is 7.11 Å². The zero-order valence-electron chi connectivity index (χ0n) is 9.23. The van der Waals surface area contributed by atoms with Gasteiger partial charge < -0.3 is 9.15 Å². The quantitative estimate of drug-likeness (QED) is 0.797. The van der Waals surface area contributed by atoms with E-state index in [0.717, 1.165) is 4.47 Å². The largest absolute Gasteiger partial charge is 0.464 e. The minimum absolute atomic E-state index is 0.173. The molecule has 0 radical (unpaired) electrons. The van der Waals surface area contributed by atoms with Crippen LogP contribution in [0, 0.1) is 6.92 Å². The Hall–Kier alpha value is -1.69. The van der Waals surface area contributed by atoms with Crippen LogP contribution in [0.3, 0.4) is 0 Å². The molecule has 0 aromatic carbocycles. The number of aryl methyl sites for hydroxylation is 1. The van der Waals surface area contributed by atoms with Gasteiger partial charge in [-0.15, -0.1) is 0 Å². The molecular weight excluding hydrogens is 288 g/mol. The molecule has 5 nitrogen and oxygen atoms in total. The topological polar surface area (TPSA) is 65.2 Å². The Morgan fingerprint density at radius 1 is 1.47 bits per heavy atom. The van der Waals surface area contributed by atoms with Gasteiger partial charge in [0.15, 0.2) is 5.69 Å². The van der Waals surface area contributed by atoms with Crippen molar-refractivity contribution in [2.24, 2.45) is 0 Å². The van der Waals surface area contributed by atoms with Crippen molar-refractivity contribution < 1.29 is 13.9 Å². The van der Waals surface area contributed by atoms with E-state index in [-0.39, 0.29) is 5.69 Å². The van der Waals surface area contributed by atoms with Crippen LogP contribution in [0.1, 0.15) is 16.2 Å². The van der Waals surface area contributed by atoms with Crippen molar-refractivity contribution in [2.45, 2.75) is 6.92 Å². The van der Waals surface area contributed by atoms with Gasteiger partial charge in [0.1, 0.15) is 11.5 Å². The van der Waals surface area contributed by atoms with E-state index in [1.807, 2.05) is 6.07 Å². The number of aromatic nitrogens is 2. The molecule has 0 aliphatic rings. The highest BCUT2D eigenvalue weighted by atomic mass is 79.9. The summed E-state index contributed by atoms with van der Waals surface area (Å²) < 4.78 is 10.8. The maximum atomic E-state index is 11.4. The third kappa shape index (κ3) is 2.36. The molecule has 88 valence electrons. The second-order valence-corrected chi connectivity index (χ2v) is 4.19. The van der Waals surface area contributed by atoms with Crippen LogP contribution >= 0.6 is 15.9 Å². The van der Waals surface area contributed by atoms with Crippen molar-refractivity contribution >= 4 is 21.9 Å². The molecule has 2 aromatic heterocycles. The van der Waals surface area contributed by atoms with E-state index in [1.165, 1.54) is 7.11 Å². The minimum Gasteiger partial charge on any atom is -0.464 e. The average molecular weight is 297 g/mol.